The van der Waals surface area contributed by atoms with Gasteiger partial charge in [-0.1, -0.05) is 24.3 Å². The first kappa shape index (κ1) is 19.9. The molecule has 0 saturated carbocycles. The topological polar surface area (TPSA) is 62.7 Å². The van der Waals surface area contributed by atoms with Crippen LogP contribution in [0.25, 0.3) is 0 Å². The molecule has 1 aliphatic heterocycles. The average molecular weight is 381 g/mol. The van der Waals surface area contributed by atoms with Gasteiger partial charge in [-0.15, -0.1) is 0 Å². The molecule has 1 aromatic heterocycles. The van der Waals surface area contributed by atoms with Gasteiger partial charge in [0.1, 0.15) is 11.4 Å². The van der Waals surface area contributed by atoms with Crippen LogP contribution in [-0.4, -0.2) is 41.1 Å². The molecule has 1 aliphatic rings. The van der Waals surface area contributed by atoms with Crippen molar-refractivity contribution in [2.24, 2.45) is 0 Å². The molecular weight excluding hydrogens is 354 g/mol. The second-order valence-corrected chi connectivity index (χ2v) is 7.98. The summed E-state index contributed by atoms with van der Waals surface area (Å²) >= 11 is 0. The van der Waals surface area contributed by atoms with Crippen LogP contribution in [0.5, 0.6) is 0 Å². The molecule has 1 atom stereocenters. The summed E-state index contributed by atoms with van der Waals surface area (Å²) in [5, 5.41) is 0. The summed E-state index contributed by atoms with van der Waals surface area (Å²) in [6, 6.07) is 12.9. The number of hydrogen-bond acceptors (Lipinski definition) is 4. The van der Waals surface area contributed by atoms with Crippen LogP contribution in [0.4, 0.5) is 10.6 Å². The highest BCUT2D eigenvalue weighted by atomic mass is 16.6. The van der Waals surface area contributed by atoms with Crippen LogP contribution in [0.3, 0.4) is 0 Å². The molecule has 6 nitrogen and oxygen atoms in total. The van der Waals surface area contributed by atoms with Gasteiger partial charge in [0.2, 0.25) is 0 Å². The van der Waals surface area contributed by atoms with E-state index in [1.54, 1.807) is 13.2 Å². The Bertz CT molecular complexity index is 846. The van der Waals surface area contributed by atoms with Crippen molar-refractivity contribution in [1.82, 2.24) is 9.88 Å². The minimum absolute atomic E-state index is 0.00201. The fraction of sp³-hybridized carbons (Fsp3) is 0.409. The number of ether oxygens (including phenoxy) is 1. The van der Waals surface area contributed by atoms with Crippen LogP contribution >= 0.6 is 0 Å². The third-order valence-electron chi connectivity index (χ3n) is 4.70. The van der Waals surface area contributed by atoms with Crippen molar-refractivity contribution in [3.63, 3.8) is 0 Å². The Morgan fingerprint density at radius 2 is 1.86 bits per heavy atom. The van der Waals surface area contributed by atoms with Crippen LogP contribution in [0, 0.1) is 0 Å². The molecular formula is C22H27N3O3. The number of nitrogens with zero attached hydrogens (tertiary/aromatic N) is 3. The summed E-state index contributed by atoms with van der Waals surface area (Å²) in [7, 11) is 1.65. The number of pyridine rings is 1. The highest BCUT2D eigenvalue weighted by molar-refractivity contribution is 5.95. The highest BCUT2D eigenvalue weighted by Gasteiger charge is 2.34. The van der Waals surface area contributed by atoms with E-state index in [0.717, 1.165) is 18.4 Å². The summed E-state index contributed by atoms with van der Waals surface area (Å²) < 4.78 is 5.48. The summed E-state index contributed by atoms with van der Waals surface area (Å²) in [6.07, 6.45) is 2.93. The van der Waals surface area contributed by atoms with Gasteiger partial charge >= 0.3 is 6.09 Å². The number of anilines is 1. The maximum atomic E-state index is 13.0. The van der Waals surface area contributed by atoms with Crippen molar-refractivity contribution in [1.29, 1.82) is 0 Å². The molecule has 0 N–H and O–H groups in total. The van der Waals surface area contributed by atoms with Gasteiger partial charge in [0.15, 0.2) is 0 Å². The van der Waals surface area contributed by atoms with E-state index < -0.39 is 11.7 Å². The number of benzene rings is 1. The zero-order valence-corrected chi connectivity index (χ0v) is 16.9. The number of carbonyl (C=O) groups is 2. The van der Waals surface area contributed by atoms with Gasteiger partial charge in [0.05, 0.1) is 6.04 Å². The number of carbonyl (C=O) groups excluding carboxylic acids is 2. The van der Waals surface area contributed by atoms with Crippen molar-refractivity contribution in [3.05, 3.63) is 59.8 Å². The first-order chi connectivity index (χ1) is 13.3. The lowest BCUT2D eigenvalue weighted by Crippen LogP contribution is -2.36. The predicted molar refractivity (Wildman–Crippen MR) is 108 cm³/mol. The molecule has 3 rings (SSSR count). The Hall–Kier alpha value is -2.89. The first-order valence-corrected chi connectivity index (χ1v) is 9.55. The van der Waals surface area contributed by atoms with Crippen LogP contribution in [0.1, 0.15) is 55.6 Å². The summed E-state index contributed by atoms with van der Waals surface area (Å²) in [5.74, 6) is 0.521. The number of aromatic nitrogens is 1. The molecule has 0 bridgehead atoms. The molecule has 0 radical (unpaired) electrons. The zero-order chi connectivity index (χ0) is 20.3. The highest BCUT2D eigenvalue weighted by Crippen LogP contribution is 2.37. The fourth-order valence-corrected chi connectivity index (χ4v) is 3.45. The molecule has 2 aromatic rings. The van der Waals surface area contributed by atoms with Gasteiger partial charge in [0, 0.05) is 30.9 Å². The van der Waals surface area contributed by atoms with Gasteiger partial charge in [-0.2, -0.15) is 0 Å². The first-order valence-electron chi connectivity index (χ1n) is 9.55. The standard InChI is InChI=1S/C22H27N3O3/c1-22(2,3)28-21(27)24(4)19-17(12-8-14-23-19)18-13-9-15-25(18)20(26)16-10-6-5-7-11-16/h5-8,10-12,14,18H,9,13,15H2,1-4H3/t18-/m1/s1. The molecule has 28 heavy (non-hydrogen) atoms. The maximum Gasteiger partial charge on any atom is 0.415 e. The quantitative estimate of drug-likeness (QED) is 0.789. The van der Waals surface area contributed by atoms with Crippen molar-refractivity contribution in [2.45, 2.75) is 45.3 Å². The normalized spacial score (nSPS) is 16.7. The number of likely N-dealkylation sites (tertiary alicyclic amines) is 1. The van der Waals surface area contributed by atoms with E-state index in [1.807, 2.05) is 68.1 Å². The minimum Gasteiger partial charge on any atom is -0.443 e. The van der Waals surface area contributed by atoms with E-state index in [4.69, 9.17) is 4.74 Å². The van der Waals surface area contributed by atoms with Crippen molar-refractivity contribution < 1.29 is 14.3 Å². The Morgan fingerprint density at radius 3 is 2.54 bits per heavy atom. The van der Waals surface area contributed by atoms with E-state index in [-0.39, 0.29) is 11.9 Å². The Kier molecular flexibility index (Phi) is 5.68. The van der Waals surface area contributed by atoms with E-state index in [9.17, 15) is 9.59 Å². The van der Waals surface area contributed by atoms with Crippen LogP contribution in [0.15, 0.2) is 48.7 Å². The molecule has 1 saturated heterocycles. The predicted octanol–water partition coefficient (Wildman–Crippen LogP) is 4.43. The van der Waals surface area contributed by atoms with Crippen LogP contribution < -0.4 is 4.90 Å². The van der Waals surface area contributed by atoms with Crippen LogP contribution in [-0.2, 0) is 4.74 Å². The largest absolute Gasteiger partial charge is 0.443 e. The lowest BCUT2D eigenvalue weighted by atomic mass is 10.0. The van der Waals surface area contributed by atoms with Gasteiger partial charge in [-0.05, 0) is 51.8 Å². The van der Waals surface area contributed by atoms with Gasteiger partial charge in [-0.25, -0.2) is 9.78 Å². The SMILES string of the molecule is CN(C(=O)OC(C)(C)C)c1ncccc1[C@H]1CCCN1C(=O)c1ccccc1. The summed E-state index contributed by atoms with van der Waals surface area (Å²) in [5.41, 5.74) is 0.932. The molecule has 6 heteroatoms. The smallest absolute Gasteiger partial charge is 0.415 e. The molecule has 2 amide bonds. The second-order valence-electron chi connectivity index (χ2n) is 7.98. The fourth-order valence-electron chi connectivity index (χ4n) is 3.45. The average Bonchev–Trinajstić information content (AvgIpc) is 3.15. The monoisotopic (exact) mass is 381 g/mol. The maximum absolute atomic E-state index is 13.0. The molecule has 1 aromatic carbocycles. The van der Waals surface area contributed by atoms with Gasteiger partial charge in [-0.3, -0.25) is 9.69 Å². The molecule has 0 aliphatic carbocycles. The van der Waals surface area contributed by atoms with Crippen molar-refractivity contribution in [2.75, 3.05) is 18.5 Å². The molecule has 1 fully saturated rings. The second kappa shape index (κ2) is 8.00. The third kappa shape index (κ3) is 4.32. The van der Waals surface area contributed by atoms with Gasteiger partial charge < -0.3 is 9.64 Å². The van der Waals surface area contributed by atoms with Crippen LogP contribution in [0.2, 0.25) is 0 Å². The Morgan fingerprint density at radius 1 is 1.14 bits per heavy atom. The van der Waals surface area contributed by atoms with E-state index in [1.165, 1.54) is 4.90 Å². The lowest BCUT2D eigenvalue weighted by Gasteiger charge is -2.29. The van der Waals surface area contributed by atoms with Crippen molar-refractivity contribution in [3.8, 4) is 0 Å². The Labute approximate surface area is 166 Å². The van der Waals surface area contributed by atoms with E-state index >= 15 is 0 Å². The third-order valence-corrected chi connectivity index (χ3v) is 4.70. The van der Waals surface area contributed by atoms with Crippen molar-refractivity contribution >= 4 is 17.8 Å². The Balaban J connectivity index is 1.89. The van der Waals surface area contributed by atoms with Gasteiger partial charge in [0.25, 0.3) is 5.91 Å². The number of rotatable bonds is 3. The molecule has 0 spiro atoms. The summed E-state index contributed by atoms with van der Waals surface area (Å²) in [4.78, 5) is 33.3. The number of amides is 2. The summed E-state index contributed by atoms with van der Waals surface area (Å²) in [6.45, 7) is 6.17. The lowest BCUT2D eigenvalue weighted by molar-refractivity contribution is 0.0588. The minimum atomic E-state index is -0.594. The molecule has 0 unspecified atom stereocenters. The molecule has 2 heterocycles. The van der Waals surface area contributed by atoms with E-state index in [2.05, 4.69) is 4.98 Å². The zero-order valence-electron chi connectivity index (χ0n) is 16.9. The number of hydrogen-bond donors (Lipinski definition) is 0. The van der Waals surface area contributed by atoms with E-state index in [0.29, 0.717) is 17.9 Å². The molecule has 148 valence electrons.